The third kappa shape index (κ3) is 2.80. The summed E-state index contributed by atoms with van der Waals surface area (Å²) >= 11 is 4.19. The number of para-hydroxylation sites is 1. The molecule has 116 valence electrons. The van der Waals surface area contributed by atoms with Crippen LogP contribution < -0.4 is 10.3 Å². The molecule has 0 fully saturated rings. The topological polar surface area (TPSA) is 55.0 Å². The summed E-state index contributed by atoms with van der Waals surface area (Å²) in [6.45, 7) is 3.68. The fourth-order valence-electron chi connectivity index (χ4n) is 2.62. The molecule has 0 unspecified atom stereocenters. The van der Waals surface area contributed by atoms with E-state index in [0.29, 0.717) is 20.6 Å². The average molecular weight is 530 g/mol. The van der Waals surface area contributed by atoms with Gasteiger partial charge in [0.25, 0.3) is 5.56 Å². The Morgan fingerprint density at radius 2 is 1.96 bits per heavy atom. The molecule has 1 aromatic heterocycles. The molecule has 0 spiro atoms. The van der Waals surface area contributed by atoms with Crippen LogP contribution in [-0.4, -0.2) is 10.2 Å². The zero-order valence-electron chi connectivity index (χ0n) is 12.4. The first-order valence-corrected chi connectivity index (χ1v) is 9.02. The molecule has 4 nitrogen and oxygen atoms in total. The van der Waals surface area contributed by atoms with Crippen molar-refractivity contribution in [2.45, 2.75) is 19.4 Å². The van der Waals surface area contributed by atoms with Crippen LogP contribution in [0.5, 0.6) is 5.75 Å². The predicted molar refractivity (Wildman–Crippen MR) is 105 cm³/mol. The van der Waals surface area contributed by atoms with Crippen LogP contribution in [0.1, 0.15) is 19.4 Å². The van der Waals surface area contributed by atoms with Gasteiger partial charge in [-0.2, -0.15) is 5.26 Å². The Labute approximate surface area is 161 Å². The van der Waals surface area contributed by atoms with Crippen molar-refractivity contribution in [2.75, 3.05) is 0 Å². The Hall–Kier alpha value is -1.34. The molecule has 1 aromatic carbocycles. The van der Waals surface area contributed by atoms with Crippen LogP contribution in [0, 0.1) is 18.5 Å². The maximum atomic E-state index is 12.7. The van der Waals surface area contributed by atoms with E-state index in [4.69, 9.17) is 4.74 Å². The Morgan fingerprint density at radius 1 is 1.26 bits per heavy atom. The molecule has 2 aromatic rings. The van der Waals surface area contributed by atoms with Crippen LogP contribution in [0.4, 0.5) is 0 Å². The Morgan fingerprint density at radius 3 is 2.65 bits per heavy atom. The average Bonchev–Trinajstić information content (AvgIpc) is 2.48. The maximum Gasteiger partial charge on any atom is 0.268 e. The van der Waals surface area contributed by atoms with Crippen LogP contribution in [0.3, 0.4) is 0 Å². The van der Waals surface area contributed by atoms with Gasteiger partial charge >= 0.3 is 0 Å². The number of nitrogens with zero attached hydrogens (tertiary/aromatic N) is 2. The van der Waals surface area contributed by atoms with E-state index >= 15 is 0 Å². The number of ether oxygens (including phenoxy) is 1. The molecule has 0 aliphatic carbocycles. The lowest BCUT2D eigenvalue weighted by Gasteiger charge is -2.34. The molecular weight excluding hydrogens is 518 g/mol. The van der Waals surface area contributed by atoms with Crippen molar-refractivity contribution in [1.29, 1.82) is 5.26 Å². The Balaban J connectivity index is 2.45. The molecular formula is C17H12I2N2O2. The van der Waals surface area contributed by atoms with Crippen molar-refractivity contribution in [1.82, 2.24) is 4.57 Å². The number of nitriles is 1. The first-order chi connectivity index (χ1) is 10.8. The molecule has 23 heavy (non-hydrogen) atoms. The van der Waals surface area contributed by atoms with E-state index in [-0.39, 0.29) is 5.56 Å². The highest BCUT2D eigenvalue weighted by Crippen LogP contribution is 2.40. The number of rotatable bonds is 1. The van der Waals surface area contributed by atoms with Crippen LogP contribution in [0.2, 0.25) is 0 Å². The quantitative estimate of drug-likeness (QED) is 0.524. The molecule has 0 bridgehead atoms. The van der Waals surface area contributed by atoms with Gasteiger partial charge in [0.05, 0.1) is 14.8 Å². The second kappa shape index (κ2) is 5.94. The van der Waals surface area contributed by atoms with E-state index in [1.54, 1.807) is 10.8 Å². The summed E-state index contributed by atoms with van der Waals surface area (Å²) in [5, 5.41) is 9.71. The lowest BCUT2D eigenvalue weighted by atomic mass is 9.90. The molecule has 0 N–H and O–H groups in total. The highest BCUT2D eigenvalue weighted by atomic mass is 127. The first-order valence-electron chi connectivity index (χ1n) is 6.86. The van der Waals surface area contributed by atoms with Gasteiger partial charge < -0.3 is 4.74 Å². The standard InChI is InChI=1S/C17H12I2N2O2/c1-17(2)12(8-20)15(11-5-3-4-6-14(11)23-17)21-9-10(18)7-13(19)16(21)22/h3-7,9H,1-2H3. The second-order valence-corrected chi connectivity index (χ2v) is 8.03. The van der Waals surface area contributed by atoms with E-state index in [1.165, 1.54) is 0 Å². The lowest BCUT2D eigenvalue weighted by Crippen LogP contribution is -2.37. The van der Waals surface area contributed by atoms with Crippen molar-refractivity contribution < 1.29 is 4.74 Å². The number of hydrogen-bond acceptors (Lipinski definition) is 3. The molecule has 0 radical (unpaired) electrons. The summed E-state index contributed by atoms with van der Waals surface area (Å²) in [5.74, 6) is 0.673. The summed E-state index contributed by atoms with van der Waals surface area (Å²) in [7, 11) is 0. The van der Waals surface area contributed by atoms with Crippen molar-refractivity contribution in [3.8, 4) is 11.8 Å². The number of hydrogen-bond donors (Lipinski definition) is 0. The van der Waals surface area contributed by atoms with Gasteiger partial charge in [0.1, 0.15) is 17.4 Å². The SMILES string of the molecule is CC1(C)Oc2ccccc2C(n2cc(I)cc(I)c2=O)=C1C#N. The fourth-order valence-corrected chi connectivity index (χ4v) is 4.40. The van der Waals surface area contributed by atoms with Crippen molar-refractivity contribution >= 4 is 50.9 Å². The first kappa shape index (κ1) is 16.5. The Bertz CT molecular complexity index is 936. The van der Waals surface area contributed by atoms with E-state index in [9.17, 15) is 10.1 Å². The molecule has 1 aliphatic rings. The van der Waals surface area contributed by atoms with E-state index in [1.807, 2.05) is 66.8 Å². The third-order valence-electron chi connectivity index (χ3n) is 3.64. The predicted octanol–water partition coefficient (Wildman–Crippen LogP) is 4.01. The molecule has 6 heteroatoms. The minimum Gasteiger partial charge on any atom is -0.482 e. The summed E-state index contributed by atoms with van der Waals surface area (Å²) in [4.78, 5) is 12.7. The van der Waals surface area contributed by atoms with Gasteiger partial charge in [-0.15, -0.1) is 0 Å². The van der Waals surface area contributed by atoms with Gasteiger partial charge in [-0.05, 0) is 77.2 Å². The molecule has 1 aliphatic heterocycles. The van der Waals surface area contributed by atoms with Crippen molar-refractivity contribution in [2.24, 2.45) is 0 Å². The number of pyridine rings is 1. The van der Waals surface area contributed by atoms with Crippen LogP contribution in [0.15, 0.2) is 46.9 Å². The molecule has 0 atom stereocenters. The molecule has 0 amide bonds. The molecule has 3 rings (SSSR count). The minimum absolute atomic E-state index is 0.138. The largest absolute Gasteiger partial charge is 0.482 e. The van der Waals surface area contributed by atoms with Gasteiger partial charge in [-0.3, -0.25) is 9.36 Å². The fraction of sp³-hybridized carbons (Fsp3) is 0.176. The normalized spacial score (nSPS) is 15.6. The highest BCUT2D eigenvalue weighted by Gasteiger charge is 2.36. The van der Waals surface area contributed by atoms with E-state index in [0.717, 1.165) is 9.13 Å². The number of halogens is 2. The summed E-state index contributed by atoms with van der Waals surface area (Å²) in [6.07, 6.45) is 1.76. The molecule has 2 heterocycles. The lowest BCUT2D eigenvalue weighted by molar-refractivity contribution is 0.148. The zero-order chi connectivity index (χ0) is 16.8. The van der Waals surface area contributed by atoms with E-state index in [2.05, 4.69) is 28.7 Å². The van der Waals surface area contributed by atoms with Gasteiger partial charge in [0.15, 0.2) is 0 Å². The van der Waals surface area contributed by atoms with Gasteiger partial charge in [0.2, 0.25) is 0 Å². The second-order valence-electron chi connectivity index (χ2n) is 5.63. The van der Waals surface area contributed by atoms with Crippen LogP contribution in [-0.2, 0) is 0 Å². The van der Waals surface area contributed by atoms with Crippen LogP contribution in [0.25, 0.3) is 5.70 Å². The molecule has 0 saturated carbocycles. The van der Waals surface area contributed by atoms with Gasteiger partial charge in [0, 0.05) is 15.3 Å². The van der Waals surface area contributed by atoms with Gasteiger partial charge in [-0.25, -0.2) is 0 Å². The smallest absolute Gasteiger partial charge is 0.268 e. The monoisotopic (exact) mass is 530 g/mol. The summed E-state index contributed by atoms with van der Waals surface area (Å²) < 4.78 is 9.08. The number of benzene rings is 1. The van der Waals surface area contributed by atoms with E-state index < -0.39 is 5.60 Å². The summed E-state index contributed by atoms with van der Waals surface area (Å²) in [6, 6.07) is 11.5. The number of fused-ring (bicyclic) bond motifs is 1. The number of aromatic nitrogens is 1. The van der Waals surface area contributed by atoms with Crippen LogP contribution >= 0.6 is 45.2 Å². The Kier molecular flexibility index (Phi) is 4.27. The minimum atomic E-state index is -0.801. The summed E-state index contributed by atoms with van der Waals surface area (Å²) in [5.41, 5.74) is 0.853. The highest BCUT2D eigenvalue weighted by molar-refractivity contribution is 14.1. The maximum absolute atomic E-state index is 12.7. The zero-order valence-corrected chi connectivity index (χ0v) is 16.7. The molecule has 0 saturated heterocycles. The van der Waals surface area contributed by atoms with Crippen molar-refractivity contribution in [3.63, 3.8) is 0 Å². The third-order valence-corrected chi connectivity index (χ3v) is 5.00. The van der Waals surface area contributed by atoms with Crippen molar-refractivity contribution in [3.05, 3.63) is 65.2 Å². The van der Waals surface area contributed by atoms with Gasteiger partial charge in [-0.1, -0.05) is 12.1 Å².